The highest BCUT2D eigenvalue weighted by Crippen LogP contribution is 2.28. The van der Waals surface area contributed by atoms with E-state index < -0.39 is 0 Å². The van der Waals surface area contributed by atoms with Gasteiger partial charge in [-0.3, -0.25) is 0 Å². The third-order valence-electron chi connectivity index (χ3n) is 3.37. The average molecular weight is 348 g/mol. The van der Waals surface area contributed by atoms with Crippen LogP contribution in [-0.2, 0) is 12.0 Å². The van der Waals surface area contributed by atoms with Crippen molar-refractivity contribution < 1.29 is 9.47 Å². The number of nitrogens with zero attached hydrogens (tertiary/aromatic N) is 2. The van der Waals surface area contributed by atoms with E-state index in [1.165, 1.54) is 0 Å². The fourth-order valence-electron chi connectivity index (χ4n) is 1.97. The van der Waals surface area contributed by atoms with E-state index in [4.69, 9.17) is 15.2 Å². The molecule has 2 aromatic rings. The molecule has 0 atom stereocenters. The van der Waals surface area contributed by atoms with Gasteiger partial charge in [0.1, 0.15) is 16.5 Å². The van der Waals surface area contributed by atoms with Gasteiger partial charge in [0.25, 0.3) is 0 Å². The number of hydrogen-bond donors (Lipinski definition) is 2. The zero-order valence-electron chi connectivity index (χ0n) is 14.7. The van der Waals surface area contributed by atoms with Crippen LogP contribution in [0.15, 0.2) is 28.6 Å². The molecule has 0 amide bonds. The third-order valence-corrected chi connectivity index (χ3v) is 4.21. The van der Waals surface area contributed by atoms with Crippen molar-refractivity contribution in [2.75, 3.05) is 19.5 Å². The first-order valence-electron chi connectivity index (χ1n) is 7.57. The topological polar surface area (TPSA) is 81.8 Å². The van der Waals surface area contributed by atoms with E-state index in [9.17, 15) is 0 Å². The molecule has 0 unspecified atom stereocenters. The number of aromatic nitrogens is 1. The fourth-order valence-corrected chi connectivity index (χ4v) is 2.91. The summed E-state index contributed by atoms with van der Waals surface area (Å²) >= 11 is 1.59. The van der Waals surface area contributed by atoms with Crippen LogP contribution in [0.3, 0.4) is 0 Å². The number of benzene rings is 1. The van der Waals surface area contributed by atoms with Crippen LogP contribution in [0.4, 0.5) is 5.69 Å². The highest BCUT2D eigenvalue weighted by atomic mass is 32.1. The lowest BCUT2D eigenvalue weighted by atomic mass is 9.93. The van der Waals surface area contributed by atoms with Gasteiger partial charge < -0.3 is 20.5 Å². The van der Waals surface area contributed by atoms with Crippen molar-refractivity contribution >= 4 is 23.0 Å². The molecule has 7 heteroatoms. The van der Waals surface area contributed by atoms with Gasteiger partial charge in [0, 0.05) is 16.9 Å². The summed E-state index contributed by atoms with van der Waals surface area (Å²) in [5, 5.41) is 6.04. The maximum absolute atomic E-state index is 5.98. The van der Waals surface area contributed by atoms with E-state index in [2.05, 4.69) is 41.4 Å². The van der Waals surface area contributed by atoms with Crippen molar-refractivity contribution in [3.63, 3.8) is 0 Å². The van der Waals surface area contributed by atoms with Crippen LogP contribution >= 0.6 is 11.3 Å². The second-order valence-corrected chi connectivity index (χ2v) is 7.21. The second kappa shape index (κ2) is 7.53. The van der Waals surface area contributed by atoms with Crippen LogP contribution in [0.25, 0.3) is 0 Å². The van der Waals surface area contributed by atoms with Gasteiger partial charge in [-0.15, -0.1) is 11.3 Å². The standard InChI is InChI=1S/C17H24N4O2S/c1-17(2,3)14-10-24-15(21-14)9-19-16(18)20-12-8-11(22-4)6-7-13(12)23-5/h6-8,10H,9H2,1-5H3,(H3,18,19,20). The molecule has 130 valence electrons. The maximum atomic E-state index is 5.98. The Morgan fingerprint density at radius 2 is 2.04 bits per heavy atom. The molecule has 0 saturated carbocycles. The van der Waals surface area contributed by atoms with Gasteiger partial charge >= 0.3 is 0 Å². The number of nitrogens with one attached hydrogen (secondary N) is 1. The second-order valence-electron chi connectivity index (χ2n) is 6.27. The molecule has 0 radical (unpaired) electrons. The number of ether oxygens (including phenoxy) is 2. The van der Waals surface area contributed by atoms with E-state index in [0.717, 1.165) is 10.7 Å². The van der Waals surface area contributed by atoms with Gasteiger partial charge in [0.05, 0.1) is 32.1 Å². The minimum absolute atomic E-state index is 0.0379. The highest BCUT2D eigenvalue weighted by Gasteiger charge is 2.17. The van der Waals surface area contributed by atoms with Crippen molar-refractivity contribution in [2.45, 2.75) is 32.7 Å². The quantitative estimate of drug-likeness (QED) is 0.639. The lowest BCUT2D eigenvalue weighted by Crippen LogP contribution is -2.23. The summed E-state index contributed by atoms with van der Waals surface area (Å²) in [5.41, 5.74) is 7.79. The summed E-state index contributed by atoms with van der Waals surface area (Å²) in [6, 6.07) is 5.44. The summed E-state index contributed by atoms with van der Waals surface area (Å²) < 4.78 is 10.5. The molecule has 0 fully saturated rings. The monoisotopic (exact) mass is 348 g/mol. The number of guanidine groups is 1. The van der Waals surface area contributed by atoms with Gasteiger partial charge in [0.15, 0.2) is 5.96 Å². The van der Waals surface area contributed by atoms with Crippen LogP contribution in [-0.4, -0.2) is 25.2 Å². The van der Waals surface area contributed by atoms with Crippen LogP contribution < -0.4 is 20.5 Å². The minimum Gasteiger partial charge on any atom is -0.497 e. The Kier molecular flexibility index (Phi) is 5.66. The molecule has 1 aromatic heterocycles. The van der Waals surface area contributed by atoms with E-state index >= 15 is 0 Å². The van der Waals surface area contributed by atoms with Gasteiger partial charge in [0.2, 0.25) is 0 Å². The van der Waals surface area contributed by atoms with E-state index in [1.54, 1.807) is 25.6 Å². The molecule has 0 bridgehead atoms. The normalized spacial score (nSPS) is 12.1. The molecule has 1 aromatic carbocycles. The molecule has 3 N–H and O–H groups in total. The van der Waals surface area contributed by atoms with Crippen molar-refractivity contribution in [3.05, 3.63) is 34.3 Å². The Balaban J connectivity index is 2.08. The first kappa shape index (κ1) is 18.1. The predicted molar refractivity (Wildman–Crippen MR) is 99.3 cm³/mol. The number of anilines is 1. The number of methoxy groups -OCH3 is 2. The Labute approximate surface area is 146 Å². The molecule has 0 aliphatic carbocycles. The molecule has 6 nitrogen and oxygen atoms in total. The molecule has 24 heavy (non-hydrogen) atoms. The molecule has 0 aliphatic heterocycles. The van der Waals surface area contributed by atoms with Gasteiger partial charge in [-0.1, -0.05) is 20.8 Å². The first-order chi connectivity index (χ1) is 11.3. The zero-order valence-corrected chi connectivity index (χ0v) is 15.5. The van der Waals surface area contributed by atoms with E-state index in [0.29, 0.717) is 29.7 Å². The van der Waals surface area contributed by atoms with Crippen molar-refractivity contribution in [2.24, 2.45) is 10.7 Å². The predicted octanol–water partition coefficient (Wildman–Crippen LogP) is 3.38. The molecule has 0 aliphatic rings. The number of hydrogen-bond acceptors (Lipinski definition) is 5. The third kappa shape index (κ3) is 4.61. The Bertz CT molecular complexity index is 720. The number of thiazole rings is 1. The summed E-state index contributed by atoms with van der Waals surface area (Å²) in [4.78, 5) is 8.96. The van der Waals surface area contributed by atoms with Crippen LogP contribution in [0.5, 0.6) is 11.5 Å². The highest BCUT2D eigenvalue weighted by molar-refractivity contribution is 7.09. The van der Waals surface area contributed by atoms with E-state index in [-0.39, 0.29) is 5.41 Å². The zero-order chi connectivity index (χ0) is 17.7. The van der Waals surface area contributed by atoms with Gasteiger partial charge in [-0.2, -0.15) is 0 Å². The maximum Gasteiger partial charge on any atom is 0.193 e. The molecule has 0 spiro atoms. The van der Waals surface area contributed by atoms with Gasteiger partial charge in [-0.05, 0) is 12.1 Å². The van der Waals surface area contributed by atoms with Crippen molar-refractivity contribution in [1.29, 1.82) is 0 Å². The number of aliphatic imine (C=N–C) groups is 1. The molecular formula is C17H24N4O2S. The summed E-state index contributed by atoms with van der Waals surface area (Å²) in [6.45, 7) is 6.85. The van der Waals surface area contributed by atoms with Gasteiger partial charge in [-0.25, -0.2) is 9.98 Å². The smallest absolute Gasteiger partial charge is 0.193 e. The number of rotatable bonds is 5. The Morgan fingerprint density at radius 1 is 1.29 bits per heavy atom. The van der Waals surface area contributed by atoms with Crippen LogP contribution in [0.2, 0.25) is 0 Å². The van der Waals surface area contributed by atoms with Crippen molar-refractivity contribution in [3.8, 4) is 11.5 Å². The van der Waals surface area contributed by atoms with Crippen LogP contribution in [0.1, 0.15) is 31.5 Å². The lowest BCUT2D eigenvalue weighted by molar-refractivity contribution is 0.405. The lowest BCUT2D eigenvalue weighted by Gasteiger charge is -2.14. The molecule has 1 heterocycles. The summed E-state index contributed by atoms with van der Waals surface area (Å²) in [7, 11) is 3.21. The minimum atomic E-state index is 0.0379. The average Bonchev–Trinajstić information content (AvgIpc) is 3.02. The molecule has 2 rings (SSSR count). The first-order valence-corrected chi connectivity index (χ1v) is 8.45. The summed E-state index contributed by atoms with van der Waals surface area (Å²) in [6.07, 6.45) is 0. The Morgan fingerprint density at radius 3 is 2.62 bits per heavy atom. The molecule has 0 saturated heterocycles. The fraction of sp³-hybridized carbons (Fsp3) is 0.412. The van der Waals surface area contributed by atoms with E-state index in [1.807, 2.05) is 18.2 Å². The SMILES string of the molecule is COc1ccc(OC)c(NC(N)=NCc2nc(C(C)(C)C)cs2)c1. The Hall–Kier alpha value is -2.28. The van der Waals surface area contributed by atoms with Crippen molar-refractivity contribution in [1.82, 2.24) is 4.98 Å². The largest absolute Gasteiger partial charge is 0.497 e. The molecular weight excluding hydrogens is 324 g/mol. The summed E-state index contributed by atoms with van der Waals surface area (Å²) in [5.74, 6) is 1.67. The number of nitrogens with two attached hydrogens (primary N) is 1. The van der Waals surface area contributed by atoms with Crippen LogP contribution in [0, 0.1) is 0 Å².